The fraction of sp³-hybridized carbons (Fsp3) is 0.647. The number of benzene rings is 1. The predicted octanol–water partition coefficient (Wildman–Crippen LogP) is 2.59. The Hall–Kier alpha value is -1.22. The molecule has 0 amide bonds. The highest BCUT2D eigenvalue weighted by atomic mass is 16.5. The van der Waals surface area contributed by atoms with Crippen molar-refractivity contribution in [2.24, 2.45) is 11.8 Å². The van der Waals surface area contributed by atoms with E-state index in [-0.39, 0.29) is 0 Å². The van der Waals surface area contributed by atoms with Gasteiger partial charge in [0.05, 0.1) is 20.3 Å². The fourth-order valence-electron chi connectivity index (χ4n) is 3.25. The lowest BCUT2D eigenvalue weighted by Crippen LogP contribution is -2.90. The number of nitrogens with two attached hydrogens (primary N) is 1. The summed E-state index contributed by atoms with van der Waals surface area (Å²) in [5.41, 5.74) is 1.30. The molecule has 2 rings (SSSR count). The number of rotatable bonds is 5. The van der Waals surface area contributed by atoms with Crippen LogP contribution < -0.4 is 14.8 Å². The monoisotopic (exact) mass is 278 g/mol. The summed E-state index contributed by atoms with van der Waals surface area (Å²) in [6.07, 6.45) is 4.11. The van der Waals surface area contributed by atoms with Gasteiger partial charge in [-0.25, -0.2) is 0 Å². The first kappa shape index (κ1) is 15.2. The molecule has 0 heterocycles. The van der Waals surface area contributed by atoms with Crippen molar-refractivity contribution < 1.29 is 14.8 Å². The van der Waals surface area contributed by atoms with Crippen molar-refractivity contribution in [2.75, 3.05) is 14.2 Å². The van der Waals surface area contributed by atoms with Gasteiger partial charge in [0.15, 0.2) is 11.5 Å². The van der Waals surface area contributed by atoms with E-state index in [0.29, 0.717) is 0 Å². The molecule has 3 atom stereocenters. The smallest absolute Gasteiger partial charge is 0.161 e. The predicted molar refractivity (Wildman–Crippen MR) is 81.1 cm³/mol. The fourth-order valence-corrected chi connectivity index (χ4v) is 3.25. The molecule has 0 radical (unpaired) electrons. The molecule has 1 aliphatic carbocycles. The van der Waals surface area contributed by atoms with Crippen LogP contribution in [0.2, 0.25) is 0 Å². The summed E-state index contributed by atoms with van der Waals surface area (Å²) in [6.45, 7) is 5.81. The third-order valence-corrected chi connectivity index (χ3v) is 4.87. The second kappa shape index (κ2) is 6.98. The number of quaternary nitrogens is 1. The summed E-state index contributed by atoms with van der Waals surface area (Å²) < 4.78 is 10.6. The molecule has 3 heteroatoms. The first-order valence-corrected chi connectivity index (χ1v) is 7.70. The van der Waals surface area contributed by atoms with E-state index in [1.807, 2.05) is 6.07 Å². The van der Waals surface area contributed by atoms with E-state index in [0.717, 1.165) is 35.9 Å². The van der Waals surface area contributed by atoms with Gasteiger partial charge in [-0.3, -0.25) is 0 Å². The van der Waals surface area contributed by atoms with Crippen molar-refractivity contribution >= 4 is 0 Å². The Morgan fingerprint density at radius 3 is 2.55 bits per heavy atom. The van der Waals surface area contributed by atoms with E-state index in [1.165, 1.54) is 24.8 Å². The molecule has 112 valence electrons. The molecule has 3 nitrogen and oxygen atoms in total. The van der Waals surface area contributed by atoms with E-state index in [2.05, 4.69) is 31.3 Å². The van der Waals surface area contributed by atoms with E-state index >= 15 is 0 Å². The molecular weight excluding hydrogens is 250 g/mol. The first-order chi connectivity index (χ1) is 9.65. The third-order valence-electron chi connectivity index (χ3n) is 4.87. The highest BCUT2D eigenvalue weighted by Crippen LogP contribution is 2.29. The summed E-state index contributed by atoms with van der Waals surface area (Å²) in [6, 6.07) is 6.97. The van der Waals surface area contributed by atoms with E-state index in [1.54, 1.807) is 14.2 Å². The summed E-state index contributed by atoms with van der Waals surface area (Å²) >= 11 is 0. The Labute approximate surface area is 122 Å². The van der Waals surface area contributed by atoms with Crippen LogP contribution in [-0.2, 0) is 6.54 Å². The van der Waals surface area contributed by atoms with Gasteiger partial charge in [-0.1, -0.05) is 13.8 Å². The Kier molecular flexibility index (Phi) is 5.30. The number of hydrogen-bond acceptors (Lipinski definition) is 2. The average Bonchev–Trinajstić information content (AvgIpc) is 2.48. The van der Waals surface area contributed by atoms with Crippen LogP contribution in [0.25, 0.3) is 0 Å². The number of methoxy groups -OCH3 is 2. The summed E-state index contributed by atoms with van der Waals surface area (Å²) in [5.74, 6) is 3.29. The molecular formula is C17H28NO2+. The Morgan fingerprint density at radius 2 is 1.85 bits per heavy atom. The SMILES string of the molecule is COc1ccc(C[NH2+][C@@H]2CCC[C@@H](C)[C@H]2C)cc1OC. The summed E-state index contributed by atoms with van der Waals surface area (Å²) in [5, 5.41) is 2.50. The maximum Gasteiger partial charge on any atom is 0.161 e. The molecule has 1 aliphatic rings. The molecule has 2 N–H and O–H groups in total. The molecule has 1 aromatic carbocycles. The normalized spacial score (nSPS) is 26.3. The molecule has 1 fully saturated rings. The van der Waals surface area contributed by atoms with Gasteiger partial charge < -0.3 is 14.8 Å². The molecule has 1 aromatic rings. The molecule has 0 spiro atoms. The van der Waals surface area contributed by atoms with Gasteiger partial charge in [-0.05, 0) is 43.4 Å². The molecule has 0 aliphatic heterocycles. The minimum Gasteiger partial charge on any atom is -0.493 e. The Morgan fingerprint density at radius 1 is 1.10 bits per heavy atom. The van der Waals surface area contributed by atoms with E-state index < -0.39 is 0 Å². The van der Waals surface area contributed by atoms with E-state index in [9.17, 15) is 0 Å². The lowest BCUT2D eigenvalue weighted by Gasteiger charge is -2.32. The van der Waals surface area contributed by atoms with Crippen LogP contribution in [-0.4, -0.2) is 20.3 Å². The summed E-state index contributed by atoms with van der Waals surface area (Å²) in [4.78, 5) is 0. The maximum absolute atomic E-state index is 5.37. The minimum atomic E-state index is 0.756. The third kappa shape index (κ3) is 3.45. The van der Waals surface area contributed by atoms with Crippen LogP contribution in [0.4, 0.5) is 0 Å². The van der Waals surface area contributed by atoms with Crippen LogP contribution in [0.5, 0.6) is 11.5 Å². The van der Waals surface area contributed by atoms with Crippen molar-refractivity contribution in [3.8, 4) is 11.5 Å². The Bertz CT molecular complexity index is 433. The largest absolute Gasteiger partial charge is 0.493 e. The van der Waals surface area contributed by atoms with Crippen molar-refractivity contribution in [1.29, 1.82) is 0 Å². The van der Waals surface area contributed by atoms with E-state index in [4.69, 9.17) is 9.47 Å². The van der Waals surface area contributed by atoms with Crippen molar-refractivity contribution in [3.05, 3.63) is 23.8 Å². The second-order valence-corrected chi connectivity index (χ2v) is 6.06. The van der Waals surface area contributed by atoms with Crippen LogP contribution in [0, 0.1) is 11.8 Å². The Balaban J connectivity index is 1.96. The zero-order valence-electron chi connectivity index (χ0n) is 13.2. The lowest BCUT2D eigenvalue weighted by atomic mass is 9.78. The quantitative estimate of drug-likeness (QED) is 0.898. The van der Waals surface area contributed by atoms with Crippen LogP contribution in [0.1, 0.15) is 38.7 Å². The van der Waals surface area contributed by atoms with Gasteiger partial charge in [0.2, 0.25) is 0 Å². The van der Waals surface area contributed by atoms with Crippen molar-refractivity contribution in [1.82, 2.24) is 0 Å². The van der Waals surface area contributed by atoms with Gasteiger partial charge in [0, 0.05) is 11.5 Å². The van der Waals surface area contributed by atoms with Crippen LogP contribution >= 0.6 is 0 Å². The zero-order valence-corrected chi connectivity index (χ0v) is 13.2. The van der Waals surface area contributed by atoms with Crippen LogP contribution in [0.15, 0.2) is 18.2 Å². The molecule has 0 aromatic heterocycles. The first-order valence-electron chi connectivity index (χ1n) is 7.70. The molecule has 20 heavy (non-hydrogen) atoms. The van der Waals surface area contributed by atoms with Gasteiger partial charge in [-0.15, -0.1) is 0 Å². The van der Waals surface area contributed by atoms with Gasteiger partial charge >= 0.3 is 0 Å². The van der Waals surface area contributed by atoms with Gasteiger partial charge in [0.1, 0.15) is 6.54 Å². The van der Waals surface area contributed by atoms with Crippen LogP contribution in [0.3, 0.4) is 0 Å². The average molecular weight is 278 g/mol. The maximum atomic E-state index is 5.37. The number of ether oxygens (including phenoxy) is 2. The molecule has 1 saturated carbocycles. The standard InChI is InChI=1S/C17H27NO2/c1-12-6-5-7-15(13(12)2)18-11-14-8-9-16(19-3)17(10-14)20-4/h8-10,12-13,15,18H,5-7,11H2,1-4H3/p+1/t12-,13-,15-/m1/s1. The highest BCUT2D eigenvalue weighted by molar-refractivity contribution is 5.42. The van der Waals surface area contributed by atoms with Crippen molar-refractivity contribution in [3.63, 3.8) is 0 Å². The molecule has 0 saturated heterocycles. The summed E-state index contributed by atoms with van der Waals surface area (Å²) in [7, 11) is 3.37. The number of hydrogen-bond donors (Lipinski definition) is 1. The lowest BCUT2D eigenvalue weighted by molar-refractivity contribution is -0.713. The minimum absolute atomic E-state index is 0.756. The topological polar surface area (TPSA) is 35.1 Å². The zero-order chi connectivity index (χ0) is 14.5. The van der Waals surface area contributed by atoms with Crippen molar-refractivity contribution in [2.45, 2.75) is 45.7 Å². The second-order valence-electron chi connectivity index (χ2n) is 6.06. The molecule has 0 bridgehead atoms. The molecule has 0 unspecified atom stereocenters. The van der Waals surface area contributed by atoms with Gasteiger partial charge in [-0.2, -0.15) is 0 Å². The van der Waals surface area contributed by atoms with Gasteiger partial charge in [0.25, 0.3) is 0 Å². The highest BCUT2D eigenvalue weighted by Gasteiger charge is 2.29.